The molecule has 0 bridgehead atoms. The number of aryl methyl sites for hydroxylation is 1. The van der Waals surface area contributed by atoms with Crippen molar-refractivity contribution in [2.45, 2.75) is 26.4 Å². The molecular weight excluding hydrogens is 190 g/mol. The highest BCUT2D eigenvalue weighted by atomic mass is 15.0. The molecule has 1 atom stereocenters. The molecule has 0 spiro atoms. The van der Waals surface area contributed by atoms with Gasteiger partial charge in [0, 0.05) is 30.8 Å². The Morgan fingerprint density at radius 1 is 1.47 bits per heavy atom. The number of nitrogens with one attached hydrogen (secondary N) is 3. The predicted molar refractivity (Wildman–Crippen MR) is 57.2 cm³/mol. The fourth-order valence-corrected chi connectivity index (χ4v) is 1.44. The van der Waals surface area contributed by atoms with Gasteiger partial charge in [0.2, 0.25) is 0 Å². The number of rotatable bonds is 4. The SMILES string of the molecule is Cc1ncc(CNC(C)c2ncc[nH]2)[nH]1. The molecule has 2 heterocycles. The van der Waals surface area contributed by atoms with Gasteiger partial charge in [-0.15, -0.1) is 0 Å². The molecule has 2 aromatic rings. The summed E-state index contributed by atoms with van der Waals surface area (Å²) in [7, 11) is 0. The van der Waals surface area contributed by atoms with Gasteiger partial charge in [-0.25, -0.2) is 9.97 Å². The number of H-pyrrole nitrogens is 2. The molecule has 15 heavy (non-hydrogen) atoms. The fourth-order valence-electron chi connectivity index (χ4n) is 1.44. The zero-order valence-corrected chi connectivity index (χ0v) is 8.91. The summed E-state index contributed by atoms with van der Waals surface area (Å²) in [6.45, 7) is 4.78. The summed E-state index contributed by atoms with van der Waals surface area (Å²) < 4.78 is 0. The van der Waals surface area contributed by atoms with E-state index in [-0.39, 0.29) is 6.04 Å². The third-order valence-corrected chi connectivity index (χ3v) is 2.28. The van der Waals surface area contributed by atoms with Crippen molar-refractivity contribution >= 4 is 0 Å². The van der Waals surface area contributed by atoms with Gasteiger partial charge < -0.3 is 15.3 Å². The Morgan fingerprint density at radius 3 is 2.93 bits per heavy atom. The van der Waals surface area contributed by atoms with Crippen LogP contribution < -0.4 is 5.32 Å². The molecule has 5 heteroatoms. The van der Waals surface area contributed by atoms with Crippen molar-refractivity contribution in [2.24, 2.45) is 0 Å². The van der Waals surface area contributed by atoms with Gasteiger partial charge in [-0.05, 0) is 13.8 Å². The van der Waals surface area contributed by atoms with Crippen molar-refractivity contribution in [2.75, 3.05) is 0 Å². The smallest absolute Gasteiger partial charge is 0.122 e. The molecule has 0 saturated carbocycles. The maximum Gasteiger partial charge on any atom is 0.122 e. The summed E-state index contributed by atoms with van der Waals surface area (Å²) in [6, 6.07) is 0.212. The van der Waals surface area contributed by atoms with Crippen LogP contribution in [0.4, 0.5) is 0 Å². The van der Waals surface area contributed by atoms with E-state index >= 15 is 0 Å². The van der Waals surface area contributed by atoms with Crippen LogP contribution in [0.25, 0.3) is 0 Å². The summed E-state index contributed by atoms with van der Waals surface area (Å²) in [5, 5.41) is 3.35. The summed E-state index contributed by atoms with van der Waals surface area (Å²) in [6.07, 6.45) is 5.43. The Kier molecular flexibility index (Phi) is 2.82. The van der Waals surface area contributed by atoms with Crippen molar-refractivity contribution in [3.63, 3.8) is 0 Å². The van der Waals surface area contributed by atoms with Crippen LogP contribution in [-0.2, 0) is 6.54 Å². The fraction of sp³-hybridized carbons (Fsp3) is 0.400. The van der Waals surface area contributed by atoms with Crippen LogP contribution >= 0.6 is 0 Å². The predicted octanol–water partition coefficient (Wildman–Crippen LogP) is 1.29. The van der Waals surface area contributed by atoms with E-state index in [0.29, 0.717) is 0 Å². The van der Waals surface area contributed by atoms with E-state index in [9.17, 15) is 0 Å². The summed E-state index contributed by atoms with van der Waals surface area (Å²) in [5.74, 6) is 1.89. The van der Waals surface area contributed by atoms with E-state index in [4.69, 9.17) is 0 Å². The lowest BCUT2D eigenvalue weighted by molar-refractivity contribution is 0.546. The highest BCUT2D eigenvalue weighted by Gasteiger charge is 2.06. The minimum absolute atomic E-state index is 0.212. The first-order chi connectivity index (χ1) is 7.25. The molecule has 2 aromatic heterocycles. The number of aromatic amines is 2. The molecule has 0 saturated heterocycles. The number of nitrogens with zero attached hydrogens (tertiary/aromatic N) is 2. The van der Waals surface area contributed by atoms with Crippen LogP contribution in [0.1, 0.15) is 30.3 Å². The molecule has 0 aliphatic heterocycles. The van der Waals surface area contributed by atoms with E-state index in [0.717, 1.165) is 23.9 Å². The standard InChI is InChI=1S/C10H15N5/c1-7(10-11-3-4-12-10)13-5-9-6-14-8(2)15-9/h3-4,6-7,13H,5H2,1-2H3,(H,11,12)(H,14,15). The van der Waals surface area contributed by atoms with E-state index < -0.39 is 0 Å². The van der Waals surface area contributed by atoms with Gasteiger partial charge in [-0.3, -0.25) is 0 Å². The van der Waals surface area contributed by atoms with Crippen LogP contribution in [0.2, 0.25) is 0 Å². The van der Waals surface area contributed by atoms with Crippen molar-refractivity contribution < 1.29 is 0 Å². The van der Waals surface area contributed by atoms with Gasteiger partial charge in [0.25, 0.3) is 0 Å². The second-order valence-corrected chi connectivity index (χ2v) is 3.57. The molecule has 0 fully saturated rings. The van der Waals surface area contributed by atoms with E-state index in [1.54, 1.807) is 6.20 Å². The van der Waals surface area contributed by atoms with Gasteiger partial charge >= 0.3 is 0 Å². The molecule has 0 aliphatic carbocycles. The van der Waals surface area contributed by atoms with E-state index in [1.165, 1.54) is 0 Å². The molecule has 5 nitrogen and oxygen atoms in total. The minimum atomic E-state index is 0.212. The number of hydrogen-bond acceptors (Lipinski definition) is 3. The van der Waals surface area contributed by atoms with Crippen LogP contribution in [-0.4, -0.2) is 19.9 Å². The number of imidazole rings is 2. The van der Waals surface area contributed by atoms with Gasteiger partial charge in [-0.1, -0.05) is 0 Å². The third-order valence-electron chi connectivity index (χ3n) is 2.28. The first-order valence-corrected chi connectivity index (χ1v) is 4.99. The highest BCUT2D eigenvalue weighted by Crippen LogP contribution is 2.06. The largest absolute Gasteiger partial charge is 0.347 e. The van der Waals surface area contributed by atoms with Gasteiger partial charge in [0.05, 0.1) is 6.04 Å². The van der Waals surface area contributed by atoms with Crippen molar-refractivity contribution in [1.29, 1.82) is 0 Å². The number of hydrogen-bond donors (Lipinski definition) is 3. The lowest BCUT2D eigenvalue weighted by Crippen LogP contribution is -2.19. The lowest BCUT2D eigenvalue weighted by Gasteiger charge is -2.09. The summed E-state index contributed by atoms with van der Waals surface area (Å²) in [5.41, 5.74) is 1.09. The topological polar surface area (TPSA) is 69.4 Å². The Bertz CT molecular complexity index is 403. The van der Waals surface area contributed by atoms with E-state index in [1.807, 2.05) is 19.3 Å². The zero-order valence-electron chi connectivity index (χ0n) is 8.91. The molecule has 0 amide bonds. The van der Waals surface area contributed by atoms with Crippen LogP contribution in [0.5, 0.6) is 0 Å². The first kappa shape index (κ1) is 9.92. The maximum absolute atomic E-state index is 4.19. The molecule has 0 aliphatic rings. The Balaban J connectivity index is 1.88. The summed E-state index contributed by atoms with van der Waals surface area (Å²) >= 11 is 0. The highest BCUT2D eigenvalue weighted by molar-refractivity contribution is 5.01. The Morgan fingerprint density at radius 2 is 2.33 bits per heavy atom. The summed E-state index contributed by atoms with van der Waals surface area (Å²) in [4.78, 5) is 14.6. The van der Waals surface area contributed by atoms with E-state index in [2.05, 4.69) is 32.2 Å². The maximum atomic E-state index is 4.19. The van der Waals surface area contributed by atoms with Crippen LogP contribution in [0, 0.1) is 6.92 Å². The normalized spacial score (nSPS) is 12.9. The molecule has 2 rings (SSSR count). The Labute approximate surface area is 88.4 Å². The van der Waals surface area contributed by atoms with Crippen molar-refractivity contribution in [3.05, 3.63) is 35.9 Å². The lowest BCUT2D eigenvalue weighted by atomic mass is 10.3. The molecule has 3 N–H and O–H groups in total. The van der Waals surface area contributed by atoms with Gasteiger partial charge in [0.1, 0.15) is 11.6 Å². The first-order valence-electron chi connectivity index (χ1n) is 4.99. The van der Waals surface area contributed by atoms with Crippen LogP contribution in [0.3, 0.4) is 0 Å². The second-order valence-electron chi connectivity index (χ2n) is 3.57. The molecule has 0 radical (unpaired) electrons. The van der Waals surface area contributed by atoms with Crippen molar-refractivity contribution in [1.82, 2.24) is 25.3 Å². The number of aromatic nitrogens is 4. The molecular formula is C10H15N5. The van der Waals surface area contributed by atoms with Crippen molar-refractivity contribution in [3.8, 4) is 0 Å². The van der Waals surface area contributed by atoms with Gasteiger partial charge in [-0.2, -0.15) is 0 Å². The average Bonchev–Trinajstić information content (AvgIpc) is 2.84. The van der Waals surface area contributed by atoms with Crippen LogP contribution in [0.15, 0.2) is 18.6 Å². The quantitative estimate of drug-likeness (QED) is 0.704. The Hall–Kier alpha value is -1.62. The van der Waals surface area contributed by atoms with Gasteiger partial charge in [0.15, 0.2) is 0 Å². The third kappa shape index (κ3) is 2.44. The zero-order chi connectivity index (χ0) is 10.7. The second kappa shape index (κ2) is 4.27. The monoisotopic (exact) mass is 205 g/mol. The molecule has 1 unspecified atom stereocenters. The minimum Gasteiger partial charge on any atom is -0.347 e. The average molecular weight is 205 g/mol. The molecule has 0 aromatic carbocycles. The molecule has 80 valence electrons.